The normalized spacial score (nSPS) is 17.4. The van der Waals surface area contributed by atoms with E-state index in [4.69, 9.17) is 4.74 Å². The molecule has 0 spiro atoms. The van der Waals surface area contributed by atoms with Gasteiger partial charge in [0, 0.05) is 25.7 Å². The molecule has 1 saturated heterocycles. The molecule has 22 heavy (non-hydrogen) atoms. The first-order valence-electron chi connectivity index (χ1n) is 7.49. The molecule has 1 aliphatic rings. The van der Waals surface area contributed by atoms with Crippen LogP contribution in [0.1, 0.15) is 27.7 Å². The van der Waals surface area contributed by atoms with E-state index in [0.717, 1.165) is 24.2 Å². The number of hydrogen-bond acceptors (Lipinski definition) is 6. The Hall–Kier alpha value is -1.28. The number of thioether (sulfide) groups is 1. The molecule has 1 aliphatic heterocycles. The van der Waals surface area contributed by atoms with Gasteiger partial charge in [-0.1, -0.05) is 11.8 Å². The van der Waals surface area contributed by atoms with Crippen molar-refractivity contribution in [2.45, 2.75) is 43.6 Å². The topological polar surface area (TPSA) is 72.3 Å². The molecule has 8 heteroatoms. The Morgan fingerprint density at radius 1 is 1.32 bits per heavy atom. The van der Waals surface area contributed by atoms with Crippen molar-refractivity contribution in [3.8, 4) is 0 Å². The molecule has 0 aliphatic carbocycles. The lowest BCUT2D eigenvalue weighted by molar-refractivity contribution is -0.121. The summed E-state index contributed by atoms with van der Waals surface area (Å²) in [6, 6.07) is 0. The summed E-state index contributed by atoms with van der Waals surface area (Å²) < 4.78 is 7.29. The number of ether oxygens (including phenoxy) is 1. The Kier molecular flexibility index (Phi) is 5.33. The van der Waals surface area contributed by atoms with Crippen LogP contribution in [0, 0.1) is 0 Å². The molecule has 1 fully saturated rings. The number of morpholine rings is 1. The fourth-order valence-corrected chi connectivity index (χ4v) is 2.94. The van der Waals surface area contributed by atoms with Gasteiger partial charge in [0.2, 0.25) is 11.9 Å². The van der Waals surface area contributed by atoms with Gasteiger partial charge in [-0.05, 0) is 27.7 Å². The van der Waals surface area contributed by atoms with Gasteiger partial charge in [0.15, 0.2) is 5.16 Å². The van der Waals surface area contributed by atoms with Crippen molar-refractivity contribution in [1.82, 2.24) is 20.1 Å². The number of hydrogen-bond donors (Lipinski definition) is 1. The molecule has 1 N–H and O–H groups in total. The lowest BCUT2D eigenvalue weighted by atomic mass is 10.1. The summed E-state index contributed by atoms with van der Waals surface area (Å²) in [5.41, 5.74) is -0.231. The van der Waals surface area contributed by atoms with E-state index in [0.29, 0.717) is 13.2 Å². The molecule has 1 aromatic rings. The fourth-order valence-electron chi connectivity index (χ4n) is 2.13. The summed E-state index contributed by atoms with van der Waals surface area (Å²) in [6.07, 6.45) is 0. The SMILES string of the molecule is CC(Sc1nnc(N2CCOCC2)n1C)C(=O)NC(C)(C)C. The van der Waals surface area contributed by atoms with Gasteiger partial charge in [-0.25, -0.2) is 0 Å². The smallest absolute Gasteiger partial charge is 0.233 e. The number of nitrogens with one attached hydrogen (secondary N) is 1. The average Bonchev–Trinajstić information content (AvgIpc) is 2.79. The van der Waals surface area contributed by atoms with E-state index in [1.807, 2.05) is 39.3 Å². The molecule has 1 atom stereocenters. The van der Waals surface area contributed by atoms with Gasteiger partial charge in [-0.15, -0.1) is 10.2 Å². The van der Waals surface area contributed by atoms with E-state index in [9.17, 15) is 4.79 Å². The predicted molar refractivity (Wildman–Crippen MR) is 87.2 cm³/mol. The molecular weight excluding hydrogens is 302 g/mol. The molecule has 1 amide bonds. The van der Waals surface area contributed by atoms with Crippen LogP contribution < -0.4 is 10.2 Å². The minimum Gasteiger partial charge on any atom is -0.378 e. The van der Waals surface area contributed by atoms with Crippen LogP contribution in [0.25, 0.3) is 0 Å². The molecule has 1 unspecified atom stereocenters. The molecular formula is C14H25N5O2S. The van der Waals surface area contributed by atoms with E-state index >= 15 is 0 Å². The standard InChI is InChI=1S/C14H25N5O2S/c1-10(11(20)15-14(2,3)4)22-13-17-16-12(18(13)5)19-6-8-21-9-7-19/h10H,6-9H2,1-5H3,(H,15,20). The zero-order valence-electron chi connectivity index (χ0n) is 13.9. The maximum absolute atomic E-state index is 12.2. The third-order valence-electron chi connectivity index (χ3n) is 3.26. The monoisotopic (exact) mass is 327 g/mol. The third-order valence-corrected chi connectivity index (χ3v) is 4.39. The highest BCUT2D eigenvalue weighted by Gasteiger charge is 2.24. The van der Waals surface area contributed by atoms with E-state index in [1.54, 1.807) is 0 Å². The maximum Gasteiger partial charge on any atom is 0.233 e. The van der Waals surface area contributed by atoms with Gasteiger partial charge >= 0.3 is 0 Å². The van der Waals surface area contributed by atoms with Crippen molar-refractivity contribution in [1.29, 1.82) is 0 Å². The maximum atomic E-state index is 12.2. The van der Waals surface area contributed by atoms with E-state index in [2.05, 4.69) is 20.4 Å². The van der Waals surface area contributed by atoms with Crippen LogP contribution in [0.4, 0.5) is 5.95 Å². The van der Waals surface area contributed by atoms with Crippen molar-refractivity contribution < 1.29 is 9.53 Å². The van der Waals surface area contributed by atoms with Gasteiger partial charge in [-0.3, -0.25) is 9.36 Å². The van der Waals surface area contributed by atoms with E-state index < -0.39 is 0 Å². The first kappa shape index (κ1) is 17.1. The fraction of sp³-hybridized carbons (Fsp3) is 0.786. The van der Waals surface area contributed by atoms with Crippen molar-refractivity contribution in [3.05, 3.63) is 0 Å². The molecule has 2 heterocycles. The molecule has 7 nitrogen and oxygen atoms in total. The third kappa shape index (κ3) is 4.36. The molecule has 0 aromatic carbocycles. The number of carbonyl (C=O) groups is 1. The number of amides is 1. The number of aromatic nitrogens is 3. The van der Waals surface area contributed by atoms with Gasteiger partial charge in [-0.2, -0.15) is 0 Å². The highest BCUT2D eigenvalue weighted by atomic mass is 32.2. The van der Waals surface area contributed by atoms with Crippen LogP contribution in [0.15, 0.2) is 5.16 Å². The van der Waals surface area contributed by atoms with E-state index in [-0.39, 0.29) is 16.7 Å². The summed E-state index contributed by atoms with van der Waals surface area (Å²) in [5, 5.41) is 12.0. The van der Waals surface area contributed by atoms with Gasteiger partial charge < -0.3 is 15.0 Å². The van der Waals surface area contributed by atoms with Crippen LogP contribution in [-0.2, 0) is 16.6 Å². The lowest BCUT2D eigenvalue weighted by Gasteiger charge is -2.27. The second kappa shape index (κ2) is 6.87. The molecule has 2 rings (SSSR count). The van der Waals surface area contributed by atoms with Gasteiger partial charge in [0.25, 0.3) is 0 Å². The first-order chi connectivity index (χ1) is 10.3. The highest BCUT2D eigenvalue weighted by molar-refractivity contribution is 8.00. The first-order valence-corrected chi connectivity index (χ1v) is 8.36. The van der Waals surface area contributed by atoms with Crippen LogP contribution >= 0.6 is 11.8 Å². The summed E-state index contributed by atoms with van der Waals surface area (Å²) in [4.78, 5) is 14.3. The number of carbonyl (C=O) groups excluding carboxylic acids is 1. The highest BCUT2D eigenvalue weighted by Crippen LogP contribution is 2.25. The lowest BCUT2D eigenvalue weighted by Crippen LogP contribution is -2.44. The molecule has 124 valence electrons. The summed E-state index contributed by atoms with van der Waals surface area (Å²) in [7, 11) is 1.93. The van der Waals surface area contributed by atoms with Crippen molar-refractivity contribution in [2.75, 3.05) is 31.2 Å². The molecule has 0 saturated carbocycles. The number of nitrogens with zero attached hydrogens (tertiary/aromatic N) is 4. The molecule has 1 aromatic heterocycles. The van der Waals surface area contributed by atoms with Crippen molar-refractivity contribution in [2.24, 2.45) is 7.05 Å². The van der Waals surface area contributed by atoms with Crippen LogP contribution in [0.5, 0.6) is 0 Å². The zero-order chi connectivity index (χ0) is 16.3. The summed E-state index contributed by atoms with van der Waals surface area (Å²) >= 11 is 1.42. The largest absolute Gasteiger partial charge is 0.378 e. The Morgan fingerprint density at radius 2 is 1.95 bits per heavy atom. The van der Waals surface area contributed by atoms with Crippen molar-refractivity contribution >= 4 is 23.6 Å². The summed E-state index contributed by atoms with van der Waals surface area (Å²) in [6.45, 7) is 10.9. The Labute approximate surface area is 135 Å². The predicted octanol–water partition coefficient (Wildman–Crippen LogP) is 1.05. The van der Waals surface area contributed by atoms with E-state index in [1.165, 1.54) is 11.8 Å². The van der Waals surface area contributed by atoms with Gasteiger partial charge in [0.1, 0.15) is 0 Å². The van der Waals surface area contributed by atoms with Crippen LogP contribution in [0.2, 0.25) is 0 Å². The Bertz CT molecular complexity index is 520. The van der Waals surface area contributed by atoms with Gasteiger partial charge in [0.05, 0.1) is 18.5 Å². The second-order valence-electron chi connectivity index (χ2n) is 6.44. The second-order valence-corrected chi connectivity index (χ2v) is 7.75. The molecule has 0 radical (unpaired) electrons. The van der Waals surface area contributed by atoms with Crippen LogP contribution in [-0.4, -0.2) is 57.8 Å². The minimum absolute atomic E-state index is 0.00780. The zero-order valence-corrected chi connectivity index (χ0v) is 14.7. The van der Waals surface area contributed by atoms with Crippen molar-refractivity contribution in [3.63, 3.8) is 0 Å². The Morgan fingerprint density at radius 3 is 2.55 bits per heavy atom. The average molecular weight is 327 g/mol. The number of anilines is 1. The summed E-state index contributed by atoms with van der Waals surface area (Å²) in [5.74, 6) is 0.836. The van der Waals surface area contributed by atoms with Crippen LogP contribution in [0.3, 0.4) is 0 Å². The quantitative estimate of drug-likeness (QED) is 0.834. The molecule has 0 bridgehead atoms. The Balaban J connectivity index is 2.01. The minimum atomic E-state index is -0.231. The number of rotatable bonds is 4.